The van der Waals surface area contributed by atoms with Gasteiger partial charge in [0.05, 0.1) is 7.11 Å². The maximum atomic E-state index is 11.8. The van der Waals surface area contributed by atoms with Crippen LogP contribution in [-0.2, 0) is 9.53 Å². The molecule has 1 unspecified atom stereocenters. The second kappa shape index (κ2) is 7.25. The Morgan fingerprint density at radius 1 is 1.37 bits per heavy atom. The lowest BCUT2D eigenvalue weighted by Crippen LogP contribution is -2.49. The van der Waals surface area contributed by atoms with E-state index in [9.17, 15) is 4.79 Å². The molecular weight excluding hydrogens is 240 g/mol. The summed E-state index contributed by atoms with van der Waals surface area (Å²) in [6, 6.07) is 0.0725. The Labute approximate surface area is 117 Å². The van der Waals surface area contributed by atoms with Gasteiger partial charge in [0.2, 0.25) is 0 Å². The number of methoxy groups -OCH3 is 1. The van der Waals surface area contributed by atoms with Crippen molar-refractivity contribution in [2.75, 3.05) is 26.7 Å². The van der Waals surface area contributed by atoms with E-state index in [1.807, 2.05) is 0 Å². The largest absolute Gasteiger partial charge is 0.468 e. The molecule has 4 heteroatoms. The summed E-state index contributed by atoms with van der Waals surface area (Å²) in [6.45, 7) is 11.6. The zero-order valence-electron chi connectivity index (χ0n) is 13.2. The second-order valence-corrected chi connectivity index (χ2v) is 6.09. The van der Waals surface area contributed by atoms with Gasteiger partial charge in [0.1, 0.15) is 6.04 Å². The van der Waals surface area contributed by atoms with Crippen molar-refractivity contribution in [3.63, 3.8) is 0 Å². The van der Waals surface area contributed by atoms with E-state index in [-0.39, 0.29) is 18.1 Å². The normalized spacial score (nSPS) is 20.7. The summed E-state index contributed by atoms with van der Waals surface area (Å²) in [4.78, 5) is 14.2. The van der Waals surface area contributed by atoms with E-state index >= 15 is 0 Å². The van der Waals surface area contributed by atoms with Crippen LogP contribution in [0.3, 0.4) is 0 Å². The second-order valence-electron chi connectivity index (χ2n) is 6.09. The predicted octanol–water partition coefficient (Wildman–Crippen LogP) is 2.04. The minimum Gasteiger partial charge on any atom is -0.468 e. The number of esters is 1. The number of rotatable bonds is 7. The van der Waals surface area contributed by atoms with Gasteiger partial charge in [-0.3, -0.25) is 4.79 Å². The van der Waals surface area contributed by atoms with Gasteiger partial charge in [0.25, 0.3) is 0 Å². The molecule has 1 N–H and O–H groups in total. The van der Waals surface area contributed by atoms with Crippen LogP contribution in [0, 0.1) is 5.41 Å². The standard InChI is InChI=1S/C15H30N2O2/c1-6-15(7-2)8-9-17(11-15)10-13(14(18)19-5)16-12(3)4/h12-13,16H,6-11H2,1-5H3. The molecule has 1 heterocycles. The van der Waals surface area contributed by atoms with Gasteiger partial charge in [0.15, 0.2) is 0 Å². The van der Waals surface area contributed by atoms with Crippen molar-refractivity contribution >= 4 is 5.97 Å². The fraction of sp³-hybridized carbons (Fsp3) is 0.933. The summed E-state index contributed by atoms with van der Waals surface area (Å²) < 4.78 is 4.90. The molecule has 1 aliphatic rings. The number of nitrogens with one attached hydrogen (secondary N) is 1. The maximum Gasteiger partial charge on any atom is 0.324 e. The van der Waals surface area contributed by atoms with E-state index in [1.165, 1.54) is 26.4 Å². The molecular formula is C15H30N2O2. The lowest BCUT2D eigenvalue weighted by atomic mass is 9.82. The Hall–Kier alpha value is -0.610. The van der Waals surface area contributed by atoms with E-state index in [4.69, 9.17) is 4.74 Å². The van der Waals surface area contributed by atoms with Crippen molar-refractivity contribution in [1.29, 1.82) is 0 Å². The molecule has 19 heavy (non-hydrogen) atoms. The first-order valence-electron chi connectivity index (χ1n) is 7.52. The molecule has 1 atom stereocenters. The van der Waals surface area contributed by atoms with Gasteiger partial charge in [-0.05, 0) is 31.2 Å². The summed E-state index contributed by atoms with van der Waals surface area (Å²) in [7, 11) is 1.46. The zero-order chi connectivity index (χ0) is 14.5. The van der Waals surface area contributed by atoms with Gasteiger partial charge in [-0.25, -0.2) is 0 Å². The monoisotopic (exact) mass is 270 g/mol. The highest BCUT2D eigenvalue weighted by atomic mass is 16.5. The molecule has 0 aromatic rings. The minimum absolute atomic E-state index is 0.154. The first-order chi connectivity index (χ1) is 8.96. The Morgan fingerprint density at radius 3 is 2.42 bits per heavy atom. The number of ether oxygens (including phenoxy) is 1. The van der Waals surface area contributed by atoms with E-state index in [0.29, 0.717) is 5.41 Å². The van der Waals surface area contributed by atoms with E-state index in [0.717, 1.165) is 19.6 Å². The summed E-state index contributed by atoms with van der Waals surface area (Å²) in [5.74, 6) is -0.154. The Kier molecular flexibility index (Phi) is 6.27. The van der Waals surface area contributed by atoms with Crippen LogP contribution >= 0.6 is 0 Å². The van der Waals surface area contributed by atoms with E-state index in [1.54, 1.807) is 0 Å². The average molecular weight is 270 g/mol. The van der Waals surface area contributed by atoms with E-state index in [2.05, 4.69) is 37.9 Å². The van der Waals surface area contributed by atoms with Crippen molar-refractivity contribution in [3.8, 4) is 0 Å². The zero-order valence-corrected chi connectivity index (χ0v) is 13.2. The highest BCUT2D eigenvalue weighted by Crippen LogP contribution is 2.36. The molecule has 1 fully saturated rings. The van der Waals surface area contributed by atoms with Crippen molar-refractivity contribution in [2.45, 2.75) is 59.0 Å². The number of likely N-dealkylation sites (tertiary alicyclic amines) is 1. The molecule has 1 saturated heterocycles. The third-order valence-corrected chi connectivity index (χ3v) is 4.48. The van der Waals surface area contributed by atoms with Gasteiger partial charge < -0.3 is 15.0 Å². The molecule has 0 bridgehead atoms. The highest BCUT2D eigenvalue weighted by Gasteiger charge is 2.36. The molecule has 0 aliphatic carbocycles. The molecule has 0 aromatic heterocycles. The van der Waals surface area contributed by atoms with Crippen LogP contribution in [-0.4, -0.2) is 49.7 Å². The minimum atomic E-state index is -0.213. The van der Waals surface area contributed by atoms with Crippen LogP contribution in [0.25, 0.3) is 0 Å². The first kappa shape index (κ1) is 16.4. The number of hydrogen-bond acceptors (Lipinski definition) is 4. The van der Waals surface area contributed by atoms with E-state index < -0.39 is 0 Å². The fourth-order valence-electron chi connectivity index (χ4n) is 3.01. The summed E-state index contributed by atoms with van der Waals surface area (Å²) >= 11 is 0. The predicted molar refractivity (Wildman–Crippen MR) is 78.1 cm³/mol. The smallest absolute Gasteiger partial charge is 0.324 e. The molecule has 112 valence electrons. The molecule has 0 spiro atoms. The summed E-state index contributed by atoms with van der Waals surface area (Å²) in [5.41, 5.74) is 0.457. The molecule has 0 saturated carbocycles. The van der Waals surface area contributed by atoms with Gasteiger partial charge in [-0.1, -0.05) is 27.7 Å². The van der Waals surface area contributed by atoms with Crippen molar-refractivity contribution in [2.24, 2.45) is 5.41 Å². The molecule has 4 nitrogen and oxygen atoms in total. The van der Waals surface area contributed by atoms with Crippen molar-refractivity contribution in [3.05, 3.63) is 0 Å². The molecule has 1 rings (SSSR count). The quantitative estimate of drug-likeness (QED) is 0.719. The maximum absolute atomic E-state index is 11.8. The van der Waals surface area contributed by atoms with Gasteiger partial charge >= 0.3 is 5.97 Å². The average Bonchev–Trinajstić information content (AvgIpc) is 2.80. The Bertz CT molecular complexity index is 288. The number of nitrogens with zero attached hydrogens (tertiary/aromatic N) is 1. The van der Waals surface area contributed by atoms with Crippen LogP contribution in [0.15, 0.2) is 0 Å². The third-order valence-electron chi connectivity index (χ3n) is 4.48. The Balaban J connectivity index is 2.58. The van der Waals surface area contributed by atoms with Crippen molar-refractivity contribution < 1.29 is 9.53 Å². The van der Waals surface area contributed by atoms with Crippen LogP contribution in [0.1, 0.15) is 47.0 Å². The topological polar surface area (TPSA) is 41.6 Å². The molecule has 1 aliphatic heterocycles. The van der Waals surface area contributed by atoms with Crippen LogP contribution in [0.2, 0.25) is 0 Å². The third kappa shape index (κ3) is 4.46. The summed E-state index contributed by atoms with van der Waals surface area (Å²) in [5, 5.41) is 3.30. The van der Waals surface area contributed by atoms with Gasteiger partial charge in [-0.15, -0.1) is 0 Å². The van der Waals surface area contributed by atoms with Crippen LogP contribution < -0.4 is 5.32 Å². The van der Waals surface area contributed by atoms with Crippen LogP contribution in [0.4, 0.5) is 0 Å². The van der Waals surface area contributed by atoms with Crippen LogP contribution in [0.5, 0.6) is 0 Å². The van der Waals surface area contributed by atoms with Gasteiger partial charge in [-0.2, -0.15) is 0 Å². The lowest BCUT2D eigenvalue weighted by Gasteiger charge is -2.28. The Morgan fingerprint density at radius 2 is 2.00 bits per heavy atom. The first-order valence-corrected chi connectivity index (χ1v) is 7.52. The van der Waals surface area contributed by atoms with Crippen molar-refractivity contribution in [1.82, 2.24) is 10.2 Å². The fourth-order valence-corrected chi connectivity index (χ4v) is 3.01. The number of hydrogen-bond donors (Lipinski definition) is 1. The molecule has 0 radical (unpaired) electrons. The highest BCUT2D eigenvalue weighted by molar-refractivity contribution is 5.76. The molecule has 0 aromatic carbocycles. The molecule has 0 amide bonds. The summed E-state index contributed by atoms with van der Waals surface area (Å²) in [6.07, 6.45) is 3.69. The number of carbonyl (C=O) groups is 1. The SMILES string of the molecule is CCC1(CC)CCN(CC(NC(C)C)C(=O)OC)C1. The lowest BCUT2D eigenvalue weighted by molar-refractivity contribution is -0.143. The van der Waals surface area contributed by atoms with Gasteiger partial charge in [0, 0.05) is 19.1 Å². The number of carbonyl (C=O) groups excluding carboxylic acids is 1.